The van der Waals surface area contributed by atoms with E-state index in [1.165, 1.54) is 0 Å². The molecule has 0 saturated carbocycles. The number of nitrogen functional groups attached to an aromatic ring is 1. The molecule has 24 heavy (non-hydrogen) atoms. The molecule has 3 rings (SSSR count). The fraction of sp³-hybridized carbons (Fsp3) is 0.111. The van der Waals surface area contributed by atoms with Gasteiger partial charge in [0.15, 0.2) is 0 Å². The number of benzene rings is 2. The fourth-order valence-electron chi connectivity index (χ4n) is 2.17. The largest absolute Gasteiger partial charge is 0.478 e. The molecule has 1 aromatic heterocycles. The van der Waals surface area contributed by atoms with Crippen molar-refractivity contribution < 1.29 is 9.90 Å². The molecule has 0 aliphatic rings. The third-order valence-corrected chi connectivity index (χ3v) is 3.62. The lowest BCUT2D eigenvalue weighted by molar-refractivity contribution is 0.0697. The second-order valence-corrected chi connectivity index (χ2v) is 5.15. The Morgan fingerprint density at radius 3 is 1.88 bits per heavy atom. The van der Waals surface area contributed by atoms with Crippen LogP contribution in [0.25, 0.3) is 5.69 Å². The molecule has 3 N–H and O–H groups in total. The SMILES string of the molecule is Cc1c(N)c(=O)n(-c2ccccc2)n1C.O=C(O)c1ccccc1. The van der Waals surface area contributed by atoms with Gasteiger partial charge in [0.05, 0.1) is 16.9 Å². The van der Waals surface area contributed by atoms with E-state index in [1.54, 1.807) is 39.7 Å². The first-order valence-electron chi connectivity index (χ1n) is 7.31. The van der Waals surface area contributed by atoms with Crippen molar-refractivity contribution in [3.05, 3.63) is 82.3 Å². The predicted octanol–water partition coefficient (Wildman–Crippen LogP) is 2.45. The molecule has 0 aliphatic carbocycles. The minimum absolute atomic E-state index is 0.166. The molecule has 0 bridgehead atoms. The molecule has 6 heteroatoms. The Bertz CT molecular complexity index is 881. The van der Waals surface area contributed by atoms with Gasteiger partial charge in [-0.1, -0.05) is 36.4 Å². The second kappa shape index (κ2) is 7.32. The zero-order valence-electron chi connectivity index (χ0n) is 13.5. The number of carboxylic acid groups (broad SMARTS) is 1. The molecule has 0 aliphatic heterocycles. The average Bonchev–Trinajstić information content (AvgIpc) is 2.80. The fourth-order valence-corrected chi connectivity index (χ4v) is 2.17. The molecule has 0 amide bonds. The van der Waals surface area contributed by atoms with E-state index in [0.29, 0.717) is 11.3 Å². The summed E-state index contributed by atoms with van der Waals surface area (Å²) < 4.78 is 3.32. The van der Waals surface area contributed by atoms with Gasteiger partial charge in [-0.2, -0.15) is 0 Å². The minimum atomic E-state index is -0.879. The summed E-state index contributed by atoms with van der Waals surface area (Å²) in [6.45, 7) is 1.83. The van der Waals surface area contributed by atoms with Crippen LogP contribution in [0.2, 0.25) is 0 Å². The first-order valence-corrected chi connectivity index (χ1v) is 7.31. The van der Waals surface area contributed by atoms with Gasteiger partial charge in [-0.15, -0.1) is 0 Å². The van der Waals surface area contributed by atoms with Crippen molar-refractivity contribution in [2.24, 2.45) is 7.05 Å². The van der Waals surface area contributed by atoms with Crippen LogP contribution in [-0.2, 0) is 7.05 Å². The lowest BCUT2D eigenvalue weighted by Gasteiger charge is -2.07. The van der Waals surface area contributed by atoms with E-state index in [9.17, 15) is 9.59 Å². The molecule has 0 spiro atoms. The molecule has 3 aromatic rings. The summed E-state index contributed by atoms with van der Waals surface area (Å²) in [6.07, 6.45) is 0. The van der Waals surface area contributed by atoms with Crippen molar-refractivity contribution in [3.8, 4) is 5.69 Å². The molecule has 0 fully saturated rings. The Morgan fingerprint density at radius 2 is 1.50 bits per heavy atom. The number of aromatic nitrogens is 2. The van der Waals surface area contributed by atoms with Gasteiger partial charge in [0.2, 0.25) is 0 Å². The Labute approximate surface area is 139 Å². The molecular formula is C18H19N3O3. The summed E-state index contributed by atoms with van der Waals surface area (Å²) in [4.78, 5) is 22.0. The quantitative estimate of drug-likeness (QED) is 0.757. The number of anilines is 1. The first-order chi connectivity index (χ1) is 11.4. The van der Waals surface area contributed by atoms with Gasteiger partial charge in [0, 0.05) is 7.05 Å². The number of nitrogens with two attached hydrogens (primary N) is 1. The topological polar surface area (TPSA) is 90.3 Å². The van der Waals surface area contributed by atoms with Crippen LogP contribution in [0.5, 0.6) is 0 Å². The normalized spacial score (nSPS) is 9.92. The van der Waals surface area contributed by atoms with E-state index >= 15 is 0 Å². The van der Waals surface area contributed by atoms with Crippen LogP contribution in [0.15, 0.2) is 65.5 Å². The van der Waals surface area contributed by atoms with E-state index in [4.69, 9.17) is 10.8 Å². The molecular weight excluding hydrogens is 306 g/mol. The van der Waals surface area contributed by atoms with Crippen molar-refractivity contribution >= 4 is 11.7 Å². The van der Waals surface area contributed by atoms with E-state index in [1.807, 2.05) is 44.3 Å². The highest BCUT2D eigenvalue weighted by molar-refractivity contribution is 5.87. The summed E-state index contributed by atoms with van der Waals surface area (Å²) >= 11 is 0. The van der Waals surface area contributed by atoms with Crippen LogP contribution in [0, 0.1) is 6.92 Å². The molecule has 0 saturated heterocycles. The smallest absolute Gasteiger partial charge is 0.335 e. The highest BCUT2D eigenvalue weighted by Crippen LogP contribution is 2.10. The third kappa shape index (κ3) is 3.55. The zero-order valence-corrected chi connectivity index (χ0v) is 13.5. The third-order valence-electron chi connectivity index (χ3n) is 3.62. The number of hydrogen-bond donors (Lipinski definition) is 2. The van der Waals surface area contributed by atoms with E-state index in [-0.39, 0.29) is 5.56 Å². The van der Waals surface area contributed by atoms with Crippen molar-refractivity contribution in [3.63, 3.8) is 0 Å². The van der Waals surface area contributed by atoms with E-state index in [0.717, 1.165) is 11.4 Å². The molecule has 0 radical (unpaired) electrons. The number of rotatable bonds is 2. The number of hydrogen-bond acceptors (Lipinski definition) is 3. The summed E-state index contributed by atoms with van der Waals surface area (Å²) in [7, 11) is 1.82. The Hall–Kier alpha value is -3.28. The number of carbonyl (C=O) groups is 1. The zero-order chi connectivity index (χ0) is 17.7. The summed E-state index contributed by atoms with van der Waals surface area (Å²) in [5.41, 5.74) is 7.76. The molecule has 124 valence electrons. The number of carboxylic acids is 1. The van der Waals surface area contributed by atoms with Crippen LogP contribution in [-0.4, -0.2) is 20.4 Å². The van der Waals surface area contributed by atoms with Gasteiger partial charge in [0.1, 0.15) is 5.69 Å². The van der Waals surface area contributed by atoms with Gasteiger partial charge < -0.3 is 10.8 Å². The van der Waals surface area contributed by atoms with Crippen LogP contribution < -0.4 is 11.3 Å². The summed E-state index contributed by atoms with van der Waals surface area (Å²) in [5.74, 6) is -0.879. The first kappa shape index (κ1) is 17.1. The van der Waals surface area contributed by atoms with Crippen molar-refractivity contribution in [2.75, 3.05) is 5.73 Å². The lowest BCUT2D eigenvalue weighted by atomic mass is 10.2. The van der Waals surface area contributed by atoms with Crippen molar-refractivity contribution in [2.45, 2.75) is 6.92 Å². The van der Waals surface area contributed by atoms with Crippen LogP contribution in [0.1, 0.15) is 16.1 Å². The highest BCUT2D eigenvalue weighted by Gasteiger charge is 2.12. The Morgan fingerprint density at radius 1 is 1.00 bits per heavy atom. The Balaban J connectivity index is 0.000000198. The summed E-state index contributed by atoms with van der Waals surface area (Å²) in [5, 5.41) is 8.38. The summed E-state index contributed by atoms with van der Waals surface area (Å²) in [6, 6.07) is 17.7. The second-order valence-electron chi connectivity index (χ2n) is 5.15. The van der Waals surface area contributed by atoms with Gasteiger partial charge in [0.25, 0.3) is 5.56 Å². The van der Waals surface area contributed by atoms with E-state index < -0.39 is 5.97 Å². The van der Waals surface area contributed by atoms with Crippen molar-refractivity contribution in [1.82, 2.24) is 9.36 Å². The monoisotopic (exact) mass is 325 g/mol. The Kier molecular flexibility index (Phi) is 5.21. The molecule has 2 aromatic carbocycles. The van der Waals surface area contributed by atoms with E-state index in [2.05, 4.69) is 0 Å². The van der Waals surface area contributed by atoms with Crippen molar-refractivity contribution in [1.29, 1.82) is 0 Å². The average molecular weight is 325 g/mol. The number of nitrogens with zero attached hydrogens (tertiary/aromatic N) is 2. The maximum absolute atomic E-state index is 11.8. The maximum Gasteiger partial charge on any atom is 0.335 e. The minimum Gasteiger partial charge on any atom is -0.478 e. The lowest BCUT2D eigenvalue weighted by Crippen LogP contribution is -2.20. The standard InChI is InChI=1S/C11H13N3O.C7H6O2/c1-8-10(12)11(15)14(13(8)2)9-6-4-3-5-7-9;8-7(9)6-4-2-1-3-5-6/h3-7H,12H2,1-2H3;1-5H,(H,8,9). The predicted molar refractivity (Wildman–Crippen MR) is 93.6 cm³/mol. The van der Waals surface area contributed by atoms with Gasteiger partial charge in [-0.25, -0.2) is 9.48 Å². The van der Waals surface area contributed by atoms with Gasteiger partial charge in [-0.05, 0) is 31.2 Å². The highest BCUT2D eigenvalue weighted by atomic mass is 16.4. The van der Waals surface area contributed by atoms with Gasteiger partial charge in [-0.3, -0.25) is 9.48 Å². The van der Waals surface area contributed by atoms with Crippen LogP contribution >= 0.6 is 0 Å². The molecule has 1 heterocycles. The molecule has 0 unspecified atom stereocenters. The molecule has 6 nitrogen and oxygen atoms in total. The number of para-hydroxylation sites is 1. The van der Waals surface area contributed by atoms with Crippen LogP contribution in [0.4, 0.5) is 5.69 Å². The molecule has 0 atom stereocenters. The number of aromatic carboxylic acids is 1. The van der Waals surface area contributed by atoms with Crippen LogP contribution in [0.3, 0.4) is 0 Å². The van der Waals surface area contributed by atoms with Gasteiger partial charge >= 0.3 is 5.97 Å². The maximum atomic E-state index is 11.8.